The van der Waals surface area contributed by atoms with Crippen LogP contribution in [0, 0.1) is 0 Å². The van der Waals surface area contributed by atoms with E-state index in [1.807, 2.05) is 73.7 Å². The molecule has 1 amide bonds. The number of imidazole rings is 1. The molecule has 0 aliphatic rings. The van der Waals surface area contributed by atoms with Crippen molar-refractivity contribution in [2.24, 2.45) is 0 Å². The summed E-state index contributed by atoms with van der Waals surface area (Å²) in [6.07, 6.45) is 5.46. The Hall–Kier alpha value is -3.58. The molecule has 0 fully saturated rings. The lowest BCUT2D eigenvalue weighted by atomic mass is 10.2. The van der Waals surface area contributed by atoms with Crippen molar-refractivity contribution in [2.45, 2.75) is 26.3 Å². The molecule has 36 heavy (non-hydrogen) atoms. The molecule has 186 valence electrons. The summed E-state index contributed by atoms with van der Waals surface area (Å²) in [5, 5.41) is 3.00. The first-order chi connectivity index (χ1) is 17.6. The van der Waals surface area contributed by atoms with Gasteiger partial charge in [0.25, 0.3) is 5.91 Å². The third-order valence-corrected chi connectivity index (χ3v) is 6.28. The summed E-state index contributed by atoms with van der Waals surface area (Å²) in [6, 6.07) is 21.4. The second-order valence-corrected chi connectivity index (χ2v) is 9.21. The number of methoxy groups -OCH3 is 1. The molecule has 0 bridgehead atoms. The second-order valence-electron chi connectivity index (χ2n) is 8.30. The zero-order chi connectivity index (χ0) is 25.3. The number of ether oxygens (including phenoxy) is 2. The van der Waals surface area contributed by atoms with Gasteiger partial charge >= 0.3 is 0 Å². The Kier molecular flexibility index (Phi) is 8.79. The number of nitrogens with one attached hydrogen (secondary N) is 1. The summed E-state index contributed by atoms with van der Waals surface area (Å²) in [7, 11) is 1.65. The van der Waals surface area contributed by atoms with Crippen molar-refractivity contribution in [3.05, 3.63) is 94.2 Å². The van der Waals surface area contributed by atoms with Crippen LogP contribution in [0.3, 0.4) is 0 Å². The van der Waals surface area contributed by atoms with Gasteiger partial charge in [-0.25, -0.2) is 4.98 Å². The maximum absolute atomic E-state index is 12.5. The Labute approximate surface area is 220 Å². The SMILES string of the molecule is C/C=C/c1ccc(OCCCn2c(CCNC(=O)c3cccc(Br)c3)nc3ccccc32)c(OC)c1. The van der Waals surface area contributed by atoms with Gasteiger partial charge in [0.2, 0.25) is 0 Å². The highest BCUT2D eigenvalue weighted by atomic mass is 79.9. The van der Waals surface area contributed by atoms with Crippen LogP contribution < -0.4 is 14.8 Å². The molecule has 4 rings (SSSR count). The number of aromatic nitrogens is 2. The first-order valence-corrected chi connectivity index (χ1v) is 12.8. The number of hydrogen-bond acceptors (Lipinski definition) is 4. The molecular weight excluding hydrogens is 518 g/mol. The van der Waals surface area contributed by atoms with E-state index in [-0.39, 0.29) is 5.91 Å². The van der Waals surface area contributed by atoms with Crippen molar-refractivity contribution in [1.82, 2.24) is 14.9 Å². The highest BCUT2D eigenvalue weighted by Gasteiger charge is 2.12. The molecule has 0 saturated heterocycles. The number of carbonyl (C=O) groups excluding carboxylic acids is 1. The van der Waals surface area contributed by atoms with E-state index in [1.165, 1.54) is 0 Å². The van der Waals surface area contributed by atoms with Crippen molar-refractivity contribution in [1.29, 1.82) is 0 Å². The van der Waals surface area contributed by atoms with Crippen molar-refractivity contribution >= 4 is 38.9 Å². The van der Waals surface area contributed by atoms with Gasteiger partial charge in [0, 0.05) is 29.5 Å². The van der Waals surface area contributed by atoms with Crippen molar-refractivity contribution in [3.63, 3.8) is 0 Å². The summed E-state index contributed by atoms with van der Waals surface area (Å²) in [4.78, 5) is 17.3. The first-order valence-electron chi connectivity index (χ1n) is 12.0. The second kappa shape index (κ2) is 12.4. The largest absolute Gasteiger partial charge is 0.493 e. The van der Waals surface area contributed by atoms with Crippen LogP contribution in [0.2, 0.25) is 0 Å². The van der Waals surface area contributed by atoms with E-state index in [1.54, 1.807) is 13.2 Å². The molecular formula is C29H30BrN3O3. The van der Waals surface area contributed by atoms with Gasteiger partial charge in [0.1, 0.15) is 5.82 Å². The normalized spacial score (nSPS) is 11.2. The third-order valence-electron chi connectivity index (χ3n) is 5.78. The Morgan fingerprint density at radius 1 is 1.08 bits per heavy atom. The number of fused-ring (bicyclic) bond motifs is 1. The molecule has 0 radical (unpaired) electrons. The van der Waals surface area contributed by atoms with Gasteiger partial charge in [-0.2, -0.15) is 0 Å². The van der Waals surface area contributed by atoms with E-state index >= 15 is 0 Å². The highest BCUT2D eigenvalue weighted by molar-refractivity contribution is 9.10. The highest BCUT2D eigenvalue weighted by Crippen LogP contribution is 2.29. The topological polar surface area (TPSA) is 65.4 Å². The molecule has 4 aromatic rings. The minimum absolute atomic E-state index is 0.0956. The van der Waals surface area contributed by atoms with Gasteiger partial charge < -0.3 is 19.4 Å². The predicted molar refractivity (Wildman–Crippen MR) is 148 cm³/mol. The average Bonchev–Trinajstić information content (AvgIpc) is 3.24. The number of halogens is 1. The summed E-state index contributed by atoms with van der Waals surface area (Å²) in [5.74, 6) is 2.30. The van der Waals surface area contributed by atoms with Crippen molar-refractivity contribution < 1.29 is 14.3 Å². The van der Waals surface area contributed by atoms with Crippen LogP contribution in [0.4, 0.5) is 0 Å². The van der Waals surface area contributed by atoms with E-state index in [0.29, 0.717) is 25.1 Å². The molecule has 1 heterocycles. The van der Waals surface area contributed by atoms with E-state index in [2.05, 4.69) is 31.9 Å². The van der Waals surface area contributed by atoms with E-state index < -0.39 is 0 Å². The Morgan fingerprint density at radius 2 is 1.94 bits per heavy atom. The molecule has 3 aromatic carbocycles. The quantitative estimate of drug-likeness (QED) is 0.224. The van der Waals surface area contributed by atoms with Crippen LogP contribution in [-0.4, -0.2) is 35.7 Å². The van der Waals surface area contributed by atoms with Crippen LogP contribution in [0.15, 0.2) is 77.3 Å². The average molecular weight is 548 g/mol. The zero-order valence-electron chi connectivity index (χ0n) is 20.5. The number of carbonyl (C=O) groups is 1. The summed E-state index contributed by atoms with van der Waals surface area (Å²) < 4.78 is 14.6. The number of aryl methyl sites for hydroxylation is 1. The van der Waals surface area contributed by atoms with Gasteiger partial charge in [-0.05, 0) is 61.4 Å². The number of benzene rings is 3. The van der Waals surface area contributed by atoms with Gasteiger partial charge in [0.05, 0.1) is 24.8 Å². The molecule has 0 aliphatic carbocycles. The molecule has 1 aromatic heterocycles. The minimum Gasteiger partial charge on any atom is -0.493 e. The first kappa shape index (κ1) is 25.5. The fourth-order valence-corrected chi connectivity index (χ4v) is 4.49. The number of amides is 1. The summed E-state index contributed by atoms with van der Waals surface area (Å²) in [5.41, 5.74) is 3.74. The standard InChI is InChI=1S/C29H30BrN3O3/c1-3-8-21-13-14-26(27(19-21)35-2)36-18-7-17-33-25-12-5-4-11-24(25)32-28(33)15-16-31-29(34)22-9-6-10-23(30)20-22/h3-6,8-14,19-20H,7,15-18H2,1-2H3,(H,31,34)/b8-3+. The molecule has 0 spiro atoms. The molecule has 0 unspecified atom stereocenters. The van der Waals surface area contributed by atoms with Gasteiger partial charge in [-0.1, -0.05) is 52.3 Å². The van der Waals surface area contributed by atoms with Crippen molar-refractivity contribution in [3.8, 4) is 11.5 Å². The Balaban J connectivity index is 1.38. The maximum Gasteiger partial charge on any atom is 0.251 e. The minimum atomic E-state index is -0.0956. The number of para-hydroxylation sites is 2. The molecule has 0 aliphatic heterocycles. The molecule has 6 nitrogen and oxygen atoms in total. The number of rotatable bonds is 11. The molecule has 0 atom stereocenters. The number of hydrogen-bond donors (Lipinski definition) is 1. The third kappa shape index (κ3) is 6.34. The fourth-order valence-electron chi connectivity index (χ4n) is 4.09. The summed E-state index contributed by atoms with van der Waals surface area (Å²) >= 11 is 3.41. The van der Waals surface area contributed by atoms with Crippen LogP contribution in [0.25, 0.3) is 17.1 Å². The number of nitrogens with zero attached hydrogens (tertiary/aromatic N) is 2. The summed E-state index contributed by atoms with van der Waals surface area (Å²) in [6.45, 7) is 3.79. The fraction of sp³-hybridized carbons (Fsp3) is 0.241. The Morgan fingerprint density at radius 3 is 2.75 bits per heavy atom. The smallest absolute Gasteiger partial charge is 0.251 e. The van der Waals surface area contributed by atoms with E-state index in [9.17, 15) is 4.79 Å². The number of allylic oxidation sites excluding steroid dienone is 1. The van der Waals surface area contributed by atoms with E-state index in [4.69, 9.17) is 14.5 Å². The van der Waals surface area contributed by atoms with Gasteiger partial charge in [0.15, 0.2) is 11.5 Å². The van der Waals surface area contributed by atoms with Crippen molar-refractivity contribution in [2.75, 3.05) is 20.3 Å². The van der Waals surface area contributed by atoms with Crippen LogP contribution in [0.1, 0.15) is 35.1 Å². The zero-order valence-corrected chi connectivity index (χ0v) is 22.1. The molecule has 1 N–H and O–H groups in total. The lowest BCUT2D eigenvalue weighted by Crippen LogP contribution is -2.26. The lowest BCUT2D eigenvalue weighted by molar-refractivity contribution is 0.0954. The molecule has 7 heteroatoms. The van der Waals surface area contributed by atoms with Gasteiger partial charge in [-0.3, -0.25) is 4.79 Å². The van der Waals surface area contributed by atoms with Crippen LogP contribution in [0.5, 0.6) is 11.5 Å². The Bertz CT molecular complexity index is 1360. The van der Waals surface area contributed by atoms with Crippen LogP contribution >= 0.6 is 15.9 Å². The van der Waals surface area contributed by atoms with E-state index in [0.717, 1.165) is 51.4 Å². The van der Waals surface area contributed by atoms with Crippen LogP contribution in [-0.2, 0) is 13.0 Å². The lowest BCUT2D eigenvalue weighted by Gasteiger charge is -2.13. The van der Waals surface area contributed by atoms with Gasteiger partial charge in [-0.15, -0.1) is 0 Å². The predicted octanol–water partition coefficient (Wildman–Crippen LogP) is 6.28. The monoisotopic (exact) mass is 547 g/mol. The molecule has 0 saturated carbocycles. The maximum atomic E-state index is 12.5.